The molecular weight excluding hydrogens is 204 g/mol. The molecule has 0 spiro atoms. The zero-order valence-electron chi connectivity index (χ0n) is 9.39. The van der Waals surface area contributed by atoms with Crippen LogP contribution in [-0.4, -0.2) is 39.6 Å². The Labute approximate surface area is 94.9 Å². The van der Waals surface area contributed by atoms with Gasteiger partial charge in [-0.25, -0.2) is 0 Å². The molecule has 2 heterocycles. The SMILES string of the molecule is CC1(O)CCN(C(=O)Cc2cccnc2)C1. The lowest BCUT2D eigenvalue weighted by Crippen LogP contribution is -2.34. The maximum atomic E-state index is 11.9. The van der Waals surface area contributed by atoms with Crippen molar-refractivity contribution in [1.29, 1.82) is 0 Å². The number of nitrogens with zero attached hydrogens (tertiary/aromatic N) is 2. The van der Waals surface area contributed by atoms with E-state index in [9.17, 15) is 9.90 Å². The second kappa shape index (κ2) is 4.22. The number of carbonyl (C=O) groups excluding carboxylic acids is 1. The number of hydrogen-bond donors (Lipinski definition) is 1. The number of aromatic nitrogens is 1. The fourth-order valence-electron chi connectivity index (χ4n) is 1.95. The third-order valence-corrected chi connectivity index (χ3v) is 2.88. The second-order valence-electron chi connectivity index (χ2n) is 4.60. The van der Waals surface area contributed by atoms with E-state index in [2.05, 4.69) is 4.98 Å². The van der Waals surface area contributed by atoms with E-state index in [1.165, 1.54) is 0 Å². The van der Waals surface area contributed by atoms with Crippen molar-refractivity contribution in [3.63, 3.8) is 0 Å². The fourth-order valence-corrected chi connectivity index (χ4v) is 1.95. The Hall–Kier alpha value is -1.42. The van der Waals surface area contributed by atoms with Gasteiger partial charge in [0.05, 0.1) is 12.0 Å². The first-order valence-electron chi connectivity index (χ1n) is 5.46. The van der Waals surface area contributed by atoms with Crippen molar-refractivity contribution in [3.05, 3.63) is 30.1 Å². The monoisotopic (exact) mass is 220 g/mol. The first-order valence-corrected chi connectivity index (χ1v) is 5.46. The smallest absolute Gasteiger partial charge is 0.227 e. The van der Waals surface area contributed by atoms with Crippen LogP contribution in [0.1, 0.15) is 18.9 Å². The number of rotatable bonds is 2. The number of amides is 1. The van der Waals surface area contributed by atoms with Crippen molar-refractivity contribution in [2.24, 2.45) is 0 Å². The quantitative estimate of drug-likeness (QED) is 0.794. The summed E-state index contributed by atoms with van der Waals surface area (Å²) in [6.45, 7) is 2.85. The Kier molecular flexibility index (Phi) is 2.92. The van der Waals surface area contributed by atoms with Crippen LogP contribution in [0.2, 0.25) is 0 Å². The number of aliphatic hydroxyl groups is 1. The lowest BCUT2D eigenvalue weighted by Gasteiger charge is -2.18. The van der Waals surface area contributed by atoms with Gasteiger partial charge in [-0.15, -0.1) is 0 Å². The van der Waals surface area contributed by atoms with Crippen molar-refractivity contribution in [3.8, 4) is 0 Å². The molecule has 1 saturated heterocycles. The first-order chi connectivity index (χ1) is 7.57. The van der Waals surface area contributed by atoms with Gasteiger partial charge in [-0.1, -0.05) is 6.07 Å². The van der Waals surface area contributed by atoms with E-state index in [0.29, 0.717) is 25.9 Å². The molecule has 4 heteroatoms. The largest absolute Gasteiger partial charge is 0.388 e. The third-order valence-electron chi connectivity index (χ3n) is 2.88. The third kappa shape index (κ3) is 2.58. The van der Waals surface area contributed by atoms with Crippen LogP contribution in [0.15, 0.2) is 24.5 Å². The molecule has 4 nitrogen and oxygen atoms in total. The maximum absolute atomic E-state index is 11.9. The summed E-state index contributed by atoms with van der Waals surface area (Å²) < 4.78 is 0. The molecule has 1 N–H and O–H groups in total. The average Bonchev–Trinajstić information content (AvgIpc) is 2.60. The first kappa shape index (κ1) is 11.1. The minimum absolute atomic E-state index is 0.0609. The fraction of sp³-hybridized carbons (Fsp3) is 0.500. The van der Waals surface area contributed by atoms with Crippen LogP contribution in [-0.2, 0) is 11.2 Å². The molecule has 1 unspecified atom stereocenters. The Morgan fingerprint density at radius 1 is 1.69 bits per heavy atom. The highest BCUT2D eigenvalue weighted by Crippen LogP contribution is 2.20. The molecule has 1 fully saturated rings. The normalized spacial score (nSPS) is 24.8. The van der Waals surface area contributed by atoms with E-state index >= 15 is 0 Å². The Bertz CT molecular complexity index is 376. The van der Waals surface area contributed by atoms with Crippen LogP contribution >= 0.6 is 0 Å². The molecule has 2 rings (SSSR count). The Morgan fingerprint density at radius 2 is 2.50 bits per heavy atom. The molecule has 0 saturated carbocycles. The van der Waals surface area contributed by atoms with E-state index in [1.807, 2.05) is 12.1 Å². The molecule has 16 heavy (non-hydrogen) atoms. The summed E-state index contributed by atoms with van der Waals surface area (Å²) in [5.41, 5.74) is 0.198. The molecule has 0 aromatic carbocycles. The van der Waals surface area contributed by atoms with Gasteiger partial charge in [0.15, 0.2) is 0 Å². The summed E-state index contributed by atoms with van der Waals surface area (Å²) in [5, 5.41) is 9.77. The van der Waals surface area contributed by atoms with Crippen molar-refractivity contribution in [1.82, 2.24) is 9.88 Å². The number of β-amino-alcohol motifs (C(OH)–C–C–N with tert-alkyl or cyclic N) is 1. The van der Waals surface area contributed by atoms with Gasteiger partial charge in [0.2, 0.25) is 5.91 Å². The summed E-state index contributed by atoms with van der Waals surface area (Å²) in [6.07, 6.45) is 4.41. The minimum Gasteiger partial charge on any atom is -0.388 e. The second-order valence-corrected chi connectivity index (χ2v) is 4.60. The molecule has 1 amide bonds. The van der Waals surface area contributed by atoms with E-state index < -0.39 is 5.60 Å². The number of carbonyl (C=O) groups is 1. The standard InChI is InChI=1S/C12H16N2O2/c1-12(16)4-6-14(9-12)11(15)7-10-3-2-5-13-8-10/h2-3,5,8,16H,4,6-7,9H2,1H3. The highest BCUT2D eigenvalue weighted by Gasteiger charge is 2.33. The van der Waals surface area contributed by atoms with Crippen LogP contribution < -0.4 is 0 Å². The molecule has 1 aromatic heterocycles. The molecule has 1 atom stereocenters. The number of likely N-dealkylation sites (tertiary alicyclic amines) is 1. The van der Waals surface area contributed by atoms with Crippen LogP contribution in [0.25, 0.3) is 0 Å². The summed E-state index contributed by atoms with van der Waals surface area (Å²) in [6, 6.07) is 3.71. The average molecular weight is 220 g/mol. The van der Waals surface area contributed by atoms with Gasteiger partial charge in [-0.05, 0) is 25.0 Å². The highest BCUT2D eigenvalue weighted by molar-refractivity contribution is 5.79. The van der Waals surface area contributed by atoms with E-state index in [1.54, 1.807) is 24.2 Å². The Balaban J connectivity index is 1.95. The van der Waals surface area contributed by atoms with Gasteiger partial charge in [0, 0.05) is 25.5 Å². The molecule has 0 radical (unpaired) electrons. The van der Waals surface area contributed by atoms with Gasteiger partial charge in [0.1, 0.15) is 0 Å². The zero-order chi connectivity index (χ0) is 11.6. The van der Waals surface area contributed by atoms with Gasteiger partial charge >= 0.3 is 0 Å². The van der Waals surface area contributed by atoms with Gasteiger partial charge in [0.25, 0.3) is 0 Å². The molecule has 0 aliphatic carbocycles. The molecule has 0 bridgehead atoms. The van der Waals surface area contributed by atoms with Gasteiger partial charge < -0.3 is 10.0 Å². The molecule has 1 aliphatic heterocycles. The van der Waals surface area contributed by atoms with E-state index in [0.717, 1.165) is 5.56 Å². The Morgan fingerprint density at radius 3 is 3.06 bits per heavy atom. The molecule has 86 valence electrons. The van der Waals surface area contributed by atoms with Gasteiger partial charge in [-0.2, -0.15) is 0 Å². The molecule has 1 aromatic rings. The van der Waals surface area contributed by atoms with Crippen molar-refractivity contribution in [2.45, 2.75) is 25.4 Å². The number of hydrogen-bond acceptors (Lipinski definition) is 3. The molecule has 1 aliphatic rings. The van der Waals surface area contributed by atoms with Crippen LogP contribution in [0.5, 0.6) is 0 Å². The lowest BCUT2D eigenvalue weighted by molar-refractivity contribution is -0.130. The predicted molar refractivity (Wildman–Crippen MR) is 59.8 cm³/mol. The maximum Gasteiger partial charge on any atom is 0.227 e. The van der Waals surface area contributed by atoms with E-state index in [-0.39, 0.29) is 5.91 Å². The van der Waals surface area contributed by atoms with Crippen LogP contribution in [0.4, 0.5) is 0 Å². The minimum atomic E-state index is -0.718. The van der Waals surface area contributed by atoms with Crippen molar-refractivity contribution < 1.29 is 9.90 Å². The summed E-state index contributed by atoms with van der Waals surface area (Å²) >= 11 is 0. The number of pyridine rings is 1. The van der Waals surface area contributed by atoms with E-state index in [4.69, 9.17) is 0 Å². The van der Waals surface area contributed by atoms with Crippen LogP contribution in [0.3, 0.4) is 0 Å². The summed E-state index contributed by atoms with van der Waals surface area (Å²) in [7, 11) is 0. The topological polar surface area (TPSA) is 53.4 Å². The summed E-state index contributed by atoms with van der Waals surface area (Å²) in [4.78, 5) is 17.6. The van der Waals surface area contributed by atoms with Crippen molar-refractivity contribution >= 4 is 5.91 Å². The zero-order valence-corrected chi connectivity index (χ0v) is 9.39. The summed E-state index contributed by atoms with van der Waals surface area (Å²) in [5.74, 6) is 0.0609. The lowest BCUT2D eigenvalue weighted by atomic mass is 10.1. The van der Waals surface area contributed by atoms with Crippen molar-refractivity contribution in [2.75, 3.05) is 13.1 Å². The van der Waals surface area contributed by atoms with Gasteiger partial charge in [-0.3, -0.25) is 9.78 Å². The van der Waals surface area contributed by atoms with Crippen LogP contribution in [0, 0.1) is 0 Å². The molecular formula is C12H16N2O2. The predicted octanol–water partition coefficient (Wildman–Crippen LogP) is 0.607. The highest BCUT2D eigenvalue weighted by atomic mass is 16.3.